The Morgan fingerprint density at radius 3 is 2.40 bits per heavy atom. The van der Waals surface area contributed by atoms with E-state index in [2.05, 4.69) is 36.3 Å². The van der Waals surface area contributed by atoms with Crippen LogP contribution in [0, 0.1) is 22.7 Å². The minimum atomic E-state index is 0.194. The topological polar surface area (TPSA) is 75.7 Å². The van der Waals surface area contributed by atoms with Gasteiger partial charge in [-0.3, -0.25) is 4.98 Å². The fraction of sp³-hybridized carbons (Fsp3) is 0.533. The van der Waals surface area contributed by atoms with Crippen LogP contribution in [0.15, 0.2) is 18.3 Å². The molecule has 0 fully saturated rings. The molecule has 0 aliphatic carbocycles. The number of nitriles is 2. The Kier molecular flexibility index (Phi) is 7.10. The van der Waals surface area contributed by atoms with Crippen molar-refractivity contribution in [3.8, 4) is 12.1 Å². The van der Waals surface area contributed by atoms with E-state index in [4.69, 9.17) is 10.5 Å². The molecular formula is C15H21N5. The summed E-state index contributed by atoms with van der Waals surface area (Å²) in [6.07, 6.45) is 3.81. The van der Waals surface area contributed by atoms with E-state index in [0.29, 0.717) is 0 Å². The average Bonchev–Trinajstić information content (AvgIpc) is 2.48. The van der Waals surface area contributed by atoms with Gasteiger partial charge in [0.15, 0.2) is 0 Å². The van der Waals surface area contributed by atoms with Crippen molar-refractivity contribution in [2.24, 2.45) is 0 Å². The number of aromatic nitrogens is 1. The first kappa shape index (κ1) is 15.9. The molecule has 1 heterocycles. The lowest BCUT2D eigenvalue weighted by Crippen LogP contribution is -2.25. The van der Waals surface area contributed by atoms with Crippen LogP contribution in [-0.4, -0.2) is 24.6 Å². The van der Waals surface area contributed by atoms with Crippen molar-refractivity contribution >= 4 is 5.69 Å². The van der Waals surface area contributed by atoms with Crippen LogP contribution in [0.3, 0.4) is 0 Å². The standard InChI is InChI=1S/C15H21N5/c1-3-9-18-14(4-2)15-6-5-13(12-19-15)20(10-7-16)11-8-17/h5-6,12,14,18H,3-4,9-11H2,1-2H3. The van der Waals surface area contributed by atoms with Crippen molar-refractivity contribution in [2.45, 2.75) is 32.7 Å². The lowest BCUT2D eigenvalue weighted by Gasteiger charge is -2.20. The third-order valence-electron chi connectivity index (χ3n) is 3.07. The zero-order valence-electron chi connectivity index (χ0n) is 12.1. The molecule has 5 heteroatoms. The quantitative estimate of drug-likeness (QED) is 0.735. The van der Waals surface area contributed by atoms with E-state index in [0.717, 1.165) is 30.8 Å². The lowest BCUT2D eigenvalue weighted by molar-refractivity contribution is 0.507. The van der Waals surface area contributed by atoms with Crippen LogP contribution < -0.4 is 10.2 Å². The Morgan fingerprint density at radius 2 is 1.95 bits per heavy atom. The Morgan fingerprint density at radius 1 is 1.25 bits per heavy atom. The van der Waals surface area contributed by atoms with Gasteiger partial charge in [-0.05, 0) is 31.5 Å². The van der Waals surface area contributed by atoms with Crippen molar-refractivity contribution in [3.63, 3.8) is 0 Å². The first-order valence-electron chi connectivity index (χ1n) is 6.94. The van der Waals surface area contributed by atoms with Crippen LogP contribution in [0.1, 0.15) is 38.4 Å². The molecule has 5 nitrogen and oxygen atoms in total. The normalized spacial score (nSPS) is 11.4. The van der Waals surface area contributed by atoms with Crippen LogP contribution in [0.4, 0.5) is 5.69 Å². The molecule has 0 saturated heterocycles. The van der Waals surface area contributed by atoms with Crippen molar-refractivity contribution in [3.05, 3.63) is 24.0 Å². The fourth-order valence-corrected chi connectivity index (χ4v) is 1.98. The van der Waals surface area contributed by atoms with E-state index in [9.17, 15) is 0 Å². The van der Waals surface area contributed by atoms with Gasteiger partial charge in [-0.15, -0.1) is 0 Å². The largest absolute Gasteiger partial charge is 0.344 e. The van der Waals surface area contributed by atoms with E-state index >= 15 is 0 Å². The highest BCUT2D eigenvalue weighted by molar-refractivity contribution is 5.46. The Labute approximate surface area is 120 Å². The molecule has 1 N–H and O–H groups in total. The van der Waals surface area contributed by atoms with E-state index in [1.54, 1.807) is 11.1 Å². The summed E-state index contributed by atoms with van der Waals surface area (Å²) < 4.78 is 0. The molecule has 1 rings (SSSR count). The summed E-state index contributed by atoms with van der Waals surface area (Å²) in [6, 6.07) is 8.27. The average molecular weight is 271 g/mol. The number of nitrogens with zero attached hydrogens (tertiary/aromatic N) is 4. The van der Waals surface area contributed by atoms with E-state index < -0.39 is 0 Å². The second kappa shape index (κ2) is 8.90. The first-order chi connectivity index (χ1) is 9.76. The SMILES string of the molecule is CCCNC(CC)c1ccc(N(CC#N)CC#N)cn1. The van der Waals surface area contributed by atoms with Gasteiger partial charge in [0, 0.05) is 6.04 Å². The van der Waals surface area contributed by atoms with Crippen molar-refractivity contribution in [2.75, 3.05) is 24.5 Å². The summed E-state index contributed by atoms with van der Waals surface area (Å²) in [5, 5.41) is 21.0. The Balaban J connectivity index is 2.81. The summed E-state index contributed by atoms with van der Waals surface area (Å²) in [5.74, 6) is 0. The molecule has 0 spiro atoms. The molecule has 0 saturated carbocycles. The van der Waals surface area contributed by atoms with Crippen LogP contribution in [0.2, 0.25) is 0 Å². The Hall–Kier alpha value is -2.11. The van der Waals surface area contributed by atoms with Crippen LogP contribution in [0.5, 0.6) is 0 Å². The van der Waals surface area contributed by atoms with Gasteiger partial charge in [0.1, 0.15) is 13.1 Å². The molecule has 1 aromatic heterocycles. The number of anilines is 1. The third kappa shape index (κ3) is 4.53. The Bertz CT molecular complexity index is 453. The van der Waals surface area contributed by atoms with Crippen molar-refractivity contribution in [1.82, 2.24) is 10.3 Å². The summed E-state index contributed by atoms with van der Waals surface area (Å²) in [7, 11) is 0. The van der Waals surface area contributed by atoms with Gasteiger partial charge < -0.3 is 10.2 Å². The van der Waals surface area contributed by atoms with Gasteiger partial charge in [0.2, 0.25) is 0 Å². The fourth-order valence-electron chi connectivity index (χ4n) is 1.98. The van der Waals surface area contributed by atoms with Crippen molar-refractivity contribution < 1.29 is 0 Å². The molecule has 0 amide bonds. The molecule has 0 bridgehead atoms. The molecule has 0 aliphatic heterocycles. The summed E-state index contributed by atoms with van der Waals surface area (Å²) in [4.78, 5) is 6.17. The molecule has 0 aromatic carbocycles. The smallest absolute Gasteiger partial charge is 0.107 e. The van der Waals surface area contributed by atoms with E-state index in [1.165, 1.54) is 0 Å². The van der Waals surface area contributed by atoms with Crippen LogP contribution >= 0.6 is 0 Å². The van der Waals surface area contributed by atoms with E-state index in [-0.39, 0.29) is 19.1 Å². The van der Waals surface area contributed by atoms with Gasteiger partial charge >= 0.3 is 0 Å². The van der Waals surface area contributed by atoms with Gasteiger partial charge in [0.05, 0.1) is 29.7 Å². The van der Waals surface area contributed by atoms with Gasteiger partial charge in [-0.25, -0.2) is 0 Å². The third-order valence-corrected chi connectivity index (χ3v) is 3.07. The minimum Gasteiger partial charge on any atom is -0.344 e. The number of hydrogen-bond acceptors (Lipinski definition) is 5. The zero-order chi connectivity index (χ0) is 14.8. The maximum Gasteiger partial charge on any atom is 0.107 e. The number of rotatable bonds is 8. The first-order valence-corrected chi connectivity index (χ1v) is 6.94. The summed E-state index contributed by atoms with van der Waals surface area (Å²) in [5.41, 5.74) is 1.81. The number of pyridine rings is 1. The second-order valence-corrected chi connectivity index (χ2v) is 4.53. The molecular weight excluding hydrogens is 250 g/mol. The summed E-state index contributed by atoms with van der Waals surface area (Å²) >= 11 is 0. The molecule has 106 valence electrons. The lowest BCUT2D eigenvalue weighted by atomic mass is 10.1. The second-order valence-electron chi connectivity index (χ2n) is 4.53. The van der Waals surface area contributed by atoms with Crippen LogP contribution in [0.25, 0.3) is 0 Å². The predicted octanol–water partition coefficient (Wildman–Crippen LogP) is 2.39. The highest BCUT2D eigenvalue weighted by Crippen LogP contribution is 2.18. The predicted molar refractivity (Wildman–Crippen MR) is 79.0 cm³/mol. The minimum absolute atomic E-state index is 0.194. The highest BCUT2D eigenvalue weighted by Gasteiger charge is 2.11. The highest BCUT2D eigenvalue weighted by atomic mass is 15.1. The maximum atomic E-state index is 8.77. The molecule has 20 heavy (non-hydrogen) atoms. The monoisotopic (exact) mass is 271 g/mol. The van der Waals surface area contributed by atoms with Gasteiger partial charge in [-0.1, -0.05) is 13.8 Å². The van der Waals surface area contributed by atoms with Gasteiger partial charge in [-0.2, -0.15) is 10.5 Å². The van der Waals surface area contributed by atoms with Crippen LogP contribution in [-0.2, 0) is 0 Å². The molecule has 1 unspecified atom stereocenters. The molecule has 1 aromatic rings. The van der Waals surface area contributed by atoms with E-state index in [1.807, 2.05) is 12.1 Å². The maximum absolute atomic E-state index is 8.77. The molecule has 0 aliphatic rings. The summed E-state index contributed by atoms with van der Waals surface area (Å²) in [6.45, 7) is 5.62. The molecule has 0 radical (unpaired) electrons. The van der Waals surface area contributed by atoms with Crippen molar-refractivity contribution in [1.29, 1.82) is 10.5 Å². The number of nitrogens with one attached hydrogen (secondary N) is 1. The molecule has 1 atom stereocenters. The van der Waals surface area contributed by atoms with Gasteiger partial charge in [0.25, 0.3) is 0 Å². The zero-order valence-corrected chi connectivity index (χ0v) is 12.1. The number of hydrogen-bond donors (Lipinski definition) is 1.